The Morgan fingerprint density at radius 3 is 2.55 bits per heavy atom. The molecule has 0 spiro atoms. The highest BCUT2D eigenvalue weighted by molar-refractivity contribution is 5.96. The van der Waals surface area contributed by atoms with E-state index in [4.69, 9.17) is 11.1 Å². The summed E-state index contributed by atoms with van der Waals surface area (Å²) in [6, 6.07) is 5.46. The number of aliphatic hydroxyl groups is 2. The van der Waals surface area contributed by atoms with Gasteiger partial charge in [0.2, 0.25) is 11.8 Å². The van der Waals surface area contributed by atoms with Crippen molar-refractivity contribution in [2.45, 2.75) is 50.3 Å². The van der Waals surface area contributed by atoms with Gasteiger partial charge in [0.1, 0.15) is 18.0 Å². The molecular weight excluding hydrogens is 398 g/mol. The molecule has 1 aliphatic carbocycles. The molecule has 1 saturated carbocycles. The van der Waals surface area contributed by atoms with Gasteiger partial charge in [0.15, 0.2) is 0 Å². The second kappa shape index (κ2) is 12.3. The molecule has 0 radical (unpaired) electrons. The van der Waals surface area contributed by atoms with E-state index in [2.05, 4.69) is 16.0 Å². The zero-order valence-electron chi connectivity index (χ0n) is 16.2. The Balaban J connectivity index is 0.00000420. The maximum absolute atomic E-state index is 12.5. The lowest BCUT2D eigenvalue weighted by Crippen LogP contribution is -2.51. The minimum absolute atomic E-state index is 0. The highest BCUT2D eigenvalue weighted by Gasteiger charge is 2.27. The van der Waals surface area contributed by atoms with Gasteiger partial charge in [-0.3, -0.25) is 15.0 Å². The molecule has 2 rings (SSSR count). The molecule has 10 heteroatoms. The molecule has 0 heterocycles. The van der Waals surface area contributed by atoms with E-state index in [1.165, 1.54) is 6.42 Å². The number of amides is 2. The maximum Gasteiger partial charge on any atom is 0.245 e. The number of hydrogen-bond acceptors (Lipinski definition) is 6. The van der Waals surface area contributed by atoms with Crippen LogP contribution in [-0.2, 0) is 9.59 Å². The summed E-state index contributed by atoms with van der Waals surface area (Å²) >= 11 is 0. The van der Waals surface area contributed by atoms with Gasteiger partial charge in [-0.15, -0.1) is 12.4 Å². The Morgan fingerprint density at radius 1 is 1.24 bits per heavy atom. The summed E-state index contributed by atoms with van der Waals surface area (Å²) in [7, 11) is 0. The predicted octanol–water partition coefficient (Wildman–Crippen LogP) is 0.0913. The molecule has 0 bridgehead atoms. The Bertz CT molecular complexity index is 697. The number of hydrogen-bond donors (Lipinski definition) is 7. The third-order valence-electron chi connectivity index (χ3n) is 4.74. The third kappa shape index (κ3) is 7.88. The van der Waals surface area contributed by atoms with Crippen LogP contribution >= 0.6 is 12.4 Å². The van der Waals surface area contributed by atoms with Gasteiger partial charge in [-0.1, -0.05) is 31.4 Å². The van der Waals surface area contributed by atoms with E-state index in [0.717, 1.165) is 25.7 Å². The maximum atomic E-state index is 12.5. The molecule has 2 atom stereocenters. The number of nitrogen functional groups attached to an aromatic ring is 1. The Kier molecular flexibility index (Phi) is 10.4. The van der Waals surface area contributed by atoms with Crippen LogP contribution in [0.4, 0.5) is 5.69 Å². The van der Waals surface area contributed by atoms with Crippen LogP contribution in [-0.4, -0.2) is 59.2 Å². The first-order valence-corrected chi connectivity index (χ1v) is 9.47. The molecule has 8 N–H and O–H groups in total. The van der Waals surface area contributed by atoms with E-state index in [9.17, 15) is 19.8 Å². The normalized spacial score (nSPS) is 16.1. The largest absolute Gasteiger partial charge is 0.394 e. The van der Waals surface area contributed by atoms with Crippen LogP contribution in [0.2, 0.25) is 0 Å². The molecule has 0 saturated heterocycles. The van der Waals surface area contributed by atoms with E-state index in [-0.39, 0.29) is 36.7 Å². The number of amidine groups is 1. The molecule has 2 unspecified atom stereocenters. The van der Waals surface area contributed by atoms with Crippen molar-refractivity contribution in [1.82, 2.24) is 10.6 Å². The van der Waals surface area contributed by atoms with Gasteiger partial charge >= 0.3 is 0 Å². The highest BCUT2D eigenvalue weighted by Crippen LogP contribution is 2.17. The van der Waals surface area contributed by atoms with Gasteiger partial charge in [0, 0.05) is 17.3 Å². The second-order valence-corrected chi connectivity index (χ2v) is 6.99. The number of halogens is 1. The minimum atomic E-state index is -1.37. The van der Waals surface area contributed by atoms with Crippen molar-refractivity contribution >= 4 is 35.7 Å². The quantitative estimate of drug-likeness (QED) is 0.218. The molecule has 0 aliphatic heterocycles. The van der Waals surface area contributed by atoms with Crippen molar-refractivity contribution in [1.29, 1.82) is 5.41 Å². The average Bonchev–Trinajstić information content (AvgIpc) is 2.70. The van der Waals surface area contributed by atoms with Crippen molar-refractivity contribution in [3.63, 3.8) is 0 Å². The van der Waals surface area contributed by atoms with Crippen LogP contribution in [0.3, 0.4) is 0 Å². The first kappa shape index (κ1) is 24.7. The SMILES string of the molecule is Cl.N=C(N)c1cccc(NC(C(=O)NCC(=O)NC2CCCCC2)C(O)CO)c1. The molecular formula is C19H30ClN5O4. The van der Waals surface area contributed by atoms with Crippen molar-refractivity contribution in [2.75, 3.05) is 18.5 Å². The Morgan fingerprint density at radius 2 is 1.93 bits per heavy atom. The monoisotopic (exact) mass is 427 g/mol. The fourth-order valence-electron chi connectivity index (χ4n) is 3.20. The van der Waals surface area contributed by atoms with Gasteiger partial charge in [-0.05, 0) is 25.0 Å². The predicted molar refractivity (Wildman–Crippen MR) is 113 cm³/mol. The lowest BCUT2D eigenvalue weighted by molar-refractivity contribution is -0.128. The van der Waals surface area contributed by atoms with E-state index >= 15 is 0 Å². The fraction of sp³-hybridized carbons (Fsp3) is 0.526. The van der Waals surface area contributed by atoms with Crippen LogP contribution in [0, 0.1) is 5.41 Å². The minimum Gasteiger partial charge on any atom is -0.394 e. The summed E-state index contributed by atoms with van der Waals surface area (Å²) in [5, 5.41) is 35.0. The smallest absolute Gasteiger partial charge is 0.245 e. The zero-order valence-corrected chi connectivity index (χ0v) is 17.0. The van der Waals surface area contributed by atoms with Gasteiger partial charge in [0.05, 0.1) is 13.2 Å². The molecule has 9 nitrogen and oxygen atoms in total. The molecule has 0 aromatic heterocycles. The molecule has 29 heavy (non-hydrogen) atoms. The van der Waals surface area contributed by atoms with Crippen LogP contribution in [0.25, 0.3) is 0 Å². The number of carbonyl (C=O) groups excluding carboxylic acids is 2. The molecule has 1 fully saturated rings. The molecule has 1 aromatic rings. The van der Waals surface area contributed by atoms with E-state index in [0.29, 0.717) is 11.3 Å². The van der Waals surface area contributed by atoms with E-state index < -0.39 is 24.7 Å². The first-order chi connectivity index (χ1) is 13.4. The summed E-state index contributed by atoms with van der Waals surface area (Å²) in [5.74, 6) is -1.03. The number of nitrogens with two attached hydrogens (primary N) is 1. The van der Waals surface area contributed by atoms with Crippen LogP contribution in [0.15, 0.2) is 24.3 Å². The molecule has 162 valence electrons. The standard InChI is InChI=1S/C19H29N5O4.ClH/c20-18(21)12-5-4-8-14(9-12)24-17(15(26)11-25)19(28)22-10-16(27)23-13-6-2-1-3-7-13;/h4-5,8-9,13,15,17,24-26H,1-3,6-7,10-11H2,(H3,20,21)(H,22,28)(H,23,27);1H. The summed E-state index contributed by atoms with van der Waals surface area (Å²) in [5.41, 5.74) is 6.36. The second-order valence-electron chi connectivity index (χ2n) is 6.99. The van der Waals surface area contributed by atoms with Crippen molar-refractivity contribution in [3.05, 3.63) is 29.8 Å². The number of aliphatic hydroxyl groups excluding tert-OH is 2. The van der Waals surface area contributed by atoms with Gasteiger partial charge in [-0.25, -0.2) is 0 Å². The molecule has 1 aliphatic rings. The topological polar surface area (TPSA) is 161 Å². The number of anilines is 1. The lowest BCUT2D eigenvalue weighted by Gasteiger charge is -2.25. The number of nitrogens with one attached hydrogen (secondary N) is 4. The zero-order chi connectivity index (χ0) is 20.5. The average molecular weight is 428 g/mol. The molecule has 1 aromatic carbocycles. The molecule has 2 amide bonds. The summed E-state index contributed by atoms with van der Waals surface area (Å²) < 4.78 is 0. The van der Waals surface area contributed by atoms with Crippen LogP contribution in [0.5, 0.6) is 0 Å². The number of carbonyl (C=O) groups is 2. The van der Waals surface area contributed by atoms with Crippen molar-refractivity contribution in [3.8, 4) is 0 Å². The van der Waals surface area contributed by atoms with Crippen LogP contribution < -0.4 is 21.7 Å². The Labute approximate surface area is 176 Å². The van der Waals surface area contributed by atoms with Crippen molar-refractivity contribution in [2.24, 2.45) is 5.73 Å². The third-order valence-corrected chi connectivity index (χ3v) is 4.74. The van der Waals surface area contributed by atoms with Crippen LogP contribution in [0.1, 0.15) is 37.7 Å². The summed E-state index contributed by atoms with van der Waals surface area (Å²) in [6.07, 6.45) is 3.87. The highest BCUT2D eigenvalue weighted by atomic mass is 35.5. The fourth-order valence-corrected chi connectivity index (χ4v) is 3.20. The van der Waals surface area contributed by atoms with E-state index in [1.54, 1.807) is 24.3 Å². The first-order valence-electron chi connectivity index (χ1n) is 9.47. The van der Waals surface area contributed by atoms with E-state index in [1.807, 2.05) is 0 Å². The number of rotatable bonds is 9. The van der Waals surface area contributed by atoms with Crippen molar-refractivity contribution < 1.29 is 19.8 Å². The Hall–Kier alpha value is -2.36. The summed E-state index contributed by atoms with van der Waals surface area (Å²) in [4.78, 5) is 24.5. The van der Waals surface area contributed by atoms with Gasteiger partial charge in [-0.2, -0.15) is 0 Å². The number of benzene rings is 1. The lowest BCUT2D eigenvalue weighted by atomic mass is 9.95. The summed E-state index contributed by atoms with van der Waals surface area (Å²) in [6.45, 7) is -0.842. The van der Waals surface area contributed by atoms with Gasteiger partial charge < -0.3 is 31.9 Å². The van der Waals surface area contributed by atoms with Gasteiger partial charge in [0.25, 0.3) is 0 Å².